The zero-order chi connectivity index (χ0) is 14.1. The first-order valence-corrected chi connectivity index (χ1v) is 9.42. The number of hydrogen-bond acceptors (Lipinski definition) is 2. The lowest BCUT2D eigenvalue weighted by atomic mass is 10.1. The fourth-order valence-electron chi connectivity index (χ4n) is 2.18. The van der Waals surface area contributed by atoms with Gasteiger partial charge in [0.2, 0.25) is 0 Å². The van der Waals surface area contributed by atoms with E-state index in [1.165, 1.54) is 5.56 Å². The van der Waals surface area contributed by atoms with E-state index in [0.29, 0.717) is 6.61 Å². The highest BCUT2D eigenvalue weighted by atomic mass is 28.4. The van der Waals surface area contributed by atoms with E-state index in [1.54, 1.807) is 0 Å². The minimum atomic E-state index is -1.99. The molecule has 0 aliphatic carbocycles. The van der Waals surface area contributed by atoms with Crippen molar-refractivity contribution in [3.05, 3.63) is 42.0 Å². The standard InChI is InChI=1S/C16H26O2Si/c1-5-13-19(8-4,17-7-3)18-14-16-11-9-15(6-2)10-12-16/h6,9-12H,2,5,7-8,13-14H2,1,3-4H3. The van der Waals surface area contributed by atoms with Crippen LogP contribution in [0.25, 0.3) is 6.08 Å². The van der Waals surface area contributed by atoms with Gasteiger partial charge in [-0.25, -0.2) is 0 Å². The molecule has 1 aromatic rings. The second kappa shape index (κ2) is 8.30. The first kappa shape index (κ1) is 16.2. The molecular weight excluding hydrogens is 252 g/mol. The normalized spacial score (nSPS) is 14.1. The molecule has 0 radical (unpaired) electrons. The van der Waals surface area contributed by atoms with Crippen LogP contribution >= 0.6 is 0 Å². The molecule has 19 heavy (non-hydrogen) atoms. The number of rotatable bonds is 9. The van der Waals surface area contributed by atoms with Gasteiger partial charge in [0.1, 0.15) is 0 Å². The zero-order valence-corrected chi connectivity index (χ0v) is 13.4. The van der Waals surface area contributed by atoms with Crippen LogP contribution in [0.15, 0.2) is 30.8 Å². The maximum Gasteiger partial charge on any atom is 0.338 e. The van der Waals surface area contributed by atoms with Crippen LogP contribution in [-0.4, -0.2) is 15.2 Å². The van der Waals surface area contributed by atoms with Crippen molar-refractivity contribution in [3.8, 4) is 0 Å². The van der Waals surface area contributed by atoms with Crippen molar-refractivity contribution in [1.82, 2.24) is 0 Å². The summed E-state index contributed by atoms with van der Waals surface area (Å²) < 4.78 is 12.2. The Bertz CT molecular complexity index is 367. The molecule has 1 unspecified atom stereocenters. The Labute approximate surface area is 118 Å². The minimum absolute atomic E-state index is 0.650. The molecule has 0 bridgehead atoms. The molecule has 0 amide bonds. The first-order valence-electron chi connectivity index (χ1n) is 7.19. The van der Waals surface area contributed by atoms with Crippen molar-refractivity contribution < 1.29 is 8.85 Å². The van der Waals surface area contributed by atoms with Crippen LogP contribution in [0.1, 0.15) is 38.3 Å². The Kier molecular flexibility index (Phi) is 7.06. The van der Waals surface area contributed by atoms with E-state index < -0.39 is 8.56 Å². The first-order chi connectivity index (χ1) is 9.19. The van der Waals surface area contributed by atoms with Crippen molar-refractivity contribution in [3.63, 3.8) is 0 Å². The molecule has 0 fully saturated rings. The molecule has 1 atom stereocenters. The maximum atomic E-state index is 6.21. The molecule has 0 saturated heterocycles. The summed E-state index contributed by atoms with van der Waals surface area (Å²) >= 11 is 0. The molecule has 0 N–H and O–H groups in total. The van der Waals surface area contributed by atoms with Crippen LogP contribution in [-0.2, 0) is 15.5 Å². The van der Waals surface area contributed by atoms with Gasteiger partial charge in [0, 0.05) is 6.61 Å². The third kappa shape index (κ3) is 4.94. The van der Waals surface area contributed by atoms with Crippen LogP contribution in [0.3, 0.4) is 0 Å². The zero-order valence-electron chi connectivity index (χ0n) is 12.4. The van der Waals surface area contributed by atoms with Gasteiger partial charge in [-0.3, -0.25) is 0 Å². The van der Waals surface area contributed by atoms with Gasteiger partial charge in [-0.05, 0) is 30.1 Å². The largest absolute Gasteiger partial charge is 0.394 e. The fourth-order valence-corrected chi connectivity index (χ4v) is 5.03. The Morgan fingerprint density at radius 1 is 1.11 bits per heavy atom. The number of hydrogen-bond donors (Lipinski definition) is 0. The summed E-state index contributed by atoms with van der Waals surface area (Å²) in [7, 11) is -1.99. The molecule has 3 heteroatoms. The quantitative estimate of drug-likeness (QED) is 0.607. The molecule has 0 saturated carbocycles. The topological polar surface area (TPSA) is 18.5 Å². The predicted octanol–water partition coefficient (Wildman–Crippen LogP) is 4.75. The highest BCUT2D eigenvalue weighted by Crippen LogP contribution is 2.22. The number of benzene rings is 1. The third-order valence-electron chi connectivity index (χ3n) is 3.29. The molecule has 0 aromatic heterocycles. The van der Waals surface area contributed by atoms with E-state index in [0.717, 1.165) is 30.7 Å². The fraction of sp³-hybridized carbons (Fsp3) is 0.500. The summed E-state index contributed by atoms with van der Waals surface area (Å²) in [6.07, 6.45) is 2.97. The SMILES string of the molecule is C=Cc1ccc(CO[Si](CC)(CCC)OCC)cc1. The predicted molar refractivity (Wildman–Crippen MR) is 84.3 cm³/mol. The van der Waals surface area contributed by atoms with Crippen LogP contribution in [0, 0.1) is 0 Å². The Hall–Kier alpha value is -0.903. The van der Waals surface area contributed by atoms with Crippen LogP contribution in [0.5, 0.6) is 0 Å². The molecule has 0 spiro atoms. The second-order valence-electron chi connectivity index (χ2n) is 4.68. The highest BCUT2D eigenvalue weighted by molar-refractivity contribution is 6.67. The van der Waals surface area contributed by atoms with Gasteiger partial charge in [0.15, 0.2) is 0 Å². The highest BCUT2D eigenvalue weighted by Gasteiger charge is 2.34. The van der Waals surface area contributed by atoms with Crippen molar-refractivity contribution in [2.24, 2.45) is 0 Å². The Balaban J connectivity index is 2.65. The van der Waals surface area contributed by atoms with Crippen LogP contribution < -0.4 is 0 Å². The molecule has 0 aliphatic rings. The monoisotopic (exact) mass is 278 g/mol. The molecule has 2 nitrogen and oxygen atoms in total. The van der Waals surface area contributed by atoms with Gasteiger partial charge in [0.25, 0.3) is 0 Å². The van der Waals surface area contributed by atoms with Gasteiger partial charge >= 0.3 is 8.56 Å². The second-order valence-corrected chi connectivity index (χ2v) is 8.29. The van der Waals surface area contributed by atoms with Crippen molar-refractivity contribution in [2.45, 2.75) is 45.9 Å². The maximum absolute atomic E-state index is 6.21. The van der Waals surface area contributed by atoms with Crippen molar-refractivity contribution in [2.75, 3.05) is 6.61 Å². The van der Waals surface area contributed by atoms with Gasteiger partial charge in [-0.2, -0.15) is 0 Å². The van der Waals surface area contributed by atoms with Gasteiger partial charge in [0.05, 0.1) is 6.61 Å². The van der Waals surface area contributed by atoms with Crippen LogP contribution in [0.4, 0.5) is 0 Å². The van der Waals surface area contributed by atoms with E-state index in [4.69, 9.17) is 8.85 Å². The van der Waals surface area contributed by atoms with Crippen molar-refractivity contribution >= 4 is 14.6 Å². The van der Waals surface area contributed by atoms with E-state index in [-0.39, 0.29) is 0 Å². The third-order valence-corrected chi connectivity index (χ3v) is 7.12. The lowest BCUT2D eigenvalue weighted by Gasteiger charge is -2.29. The lowest BCUT2D eigenvalue weighted by Crippen LogP contribution is -2.41. The van der Waals surface area contributed by atoms with E-state index in [1.807, 2.05) is 6.08 Å². The van der Waals surface area contributed by atoms with E-state index in [2.05, 4.69) is 51.6 Å². The van der Waals surface area contributed by atoms with Gasteiger partial charge in [-0.15, -0.1) is 0 Å². The average Bonchev–Trinajstić information content (AvgIpc) is 2.46. The molecule has 1 rings (SSSR count). The lowest BCUT2D eigenvalue weighted by molar-refractivity contribution is 0.167. The summed E-state index contributed by atoms with van der Waals surface area (Å²) in [5.74, 6) is 0. The average molecular weight is 278 g/mol. The summed E-state index contributed by atoms with van der Waals surface area (Å²) in [6.45, 7) is 11.6. The summed E-state index contributed by atoms with van der Waals surface area (Å²) in [5.41, 5.74) is 2.34. The van der Waals surface area contributed by atoms with Crippen LogP contribution in [0.2, 0.25) is 12.1 Å². The minimum Gasteiger partial charge on any atom is -0.394 e. The summed E-state index contributed by atoms with van der Waals surface area (Å²) in [5, 5.41) is 0. The molecular formula is C16H26O2Si. The van der Waals surface area contributed by atoms with Gasteiger partial charge < -0.3 is 8.85 Å². The summed E-state index contributed by atoms with van der Waals surface area (Å²) in [4.78, 5) is 0. The summed E-state index contributed by atoms with van der Waals surface area (Å²) in [6, 6.07) is 10.4. The molecule has 106 valence electrons. The smallest absolute Gasteiger partial charge is 0.338 e. The van der Waals surface area contributed by atoms with Crippen molar-refractivity contribution in [1.29, 1.82) is 0 Å². The Morgan fingerprint density at radius 2 is 1.79 bits per heavy atom. The molecule has 0 aliphatic heterocycles. The van der Waals surface area contributed by atoms with E-state index in [9.17, 15) is 0 Å². The van der Waals surface area contributed by atoms with E-state index >= 15 is 0 Å². The molecule has 0 heterocycles. The Morgan fingerprint density at radius 3 is 2.26 bits per heavy atom. The van der Waals surface area contributed by atoms with Gasteiger partial charge in [-0.1, -0.05) is 57.2 Å². The molecule has 1 aromatic carbocycles.